The highest BCUT2D eigenvalue weighted by molar-refractivity contribution is 5.58. The Bertz CT molecular complexity index is 418. The van der Waals surface area contributed by atoms with Crippen LogP contribution in [-0.4, -0.2) is 19.5 Å². The molecular weight excluding hydrogens is 267 g/mol. The molecule has 0 atom stereocenters. The molecule has 0 N–H and O–H groups in total. The van der Waals surface area contributed by atoms with Crippen LogP contribution in [0, 0.1) is 0 Å². The van der Waals surface area contributed by atoms with Crippen LogP contribution in [-0.2, 0) is 6.42 Å². The van der Waals surface area contributed by atoms with Crippen molar-refractivity contribution in [2.45, 2.75) is 46.4 Å². The molecule has 0 aromatic heterocycles. The largest absolute Gasteiger partial charge is 0.573 e. The molecule has 20 heavy (non-hydrogen) atoms. The molecule has 2 nitrogen and oxygen atoms in total. The van der Waals surface area contributed by atoms with Gasteiger partial charge in [-0.05, 0) is 43.0 Å². The average Bonchev–Trinajstić information content (AvgIpc) is 2.39. The zero-order valence-corrected chi connectivity index (χ0v) is 12.3. The average molecular weight is 289 g/mol. The summed E-state index contributed by atoms with van der Waals surface area (Å²) in [4.78, 5) is 2.22. The van der Waals surface area contributed by atoms with E-state index in [1.807, 2.05) is 13.8 Å². The van der Waals surface area contributed by atoms with Crippen LogP contribution in [0.5, 0.6) is 5.75 Å². The van der Waals surface area contributed by atoms with E-state index in [4.69, 9.17) is 0 Å². The number of aryl methyl sites for hydroxylation is 1. The molecule has 0 aliphatic carbocycles. The number of rotatable bonds is 3. The lowest BCUT2D eigenvalue weighted by Crippen LogP contribution is -2.30. The molecule has 1 heterocycles. The molecule has 0 fully saturated rings. The lowest BCUT2D eigenvalue weighted by Gasteiger charge is -2.31. The zero-order chi connectivity index (χ0) is 15.2. The highest BCUT2D eigenvalue weighted by Gasteiger charge is 2.31. The minimum Gasteiger partial charge on any atom is -0.406 e. The SMILES string of the molecule is CC.CCCN1CCCc2cc(OC(F)(F)F)ccc21. The standard InChI is InChI=1S/C13H16F3NO.C2H6/c1-2-7-17-8-3-4-10-9-11(5-6-12(10)17)18-13(14,15)16;1-2/h5-6,9H,2-4,7-8H2,1H3;1-2H3. The van der Waals surface area contributed by atoms with E-state index in [1.54, 1.807) is 6.07 Å². The summed E-state index contributed by atoms with van der Waals surface area (Å²) in [6.07, 6.45) is -1.81. The molecule has 2 rings (SSSR count). The Morgan fingerprint density at radius 2 is 1.95 bits per heavy atom. The van der Waals surface area contributed by atoms with Crippen LogP contribution < -0.4 is 9.64 Å². The molecule has 0 saturated heterocycles. The number of hydrogen-bond acceptors (Lipinski definition) is 2. The predicted octanol–water partition coefficient (Wildman–Crippen LogP) is 4.77. The summed E-state index contributed by atoms with van der Waals surface area (Å²) in [5.74, 6) is -0.125. The number of halogens is 3. The van der Waals surface area contributed by atoms with Crippen molar-refractivity contribution in [1.29, 1.82) is 0 Å². The summed E-state index contributed by atoms with van der Waals surface area (Å²) in [7, 11) is 0. The molecule has 5 heteroatoms. The van der Waals surface area contributed by atoms with Crippen molar-refractivity contribution in [3.05, 3.63) is 23.8 Å². The molecular formula is C15H22F3NO. The van der Waals surface area contributed by atoms with E-state index in [2.05, 4.69) is 16.6 Å². The Morgan fingerprint density at radius 3 is 2.55 bits per heavy atom. The van der Waals surface area contributed by atoms with Crippen LogP contribution in [0.15, 0.2) is 18.2 Å². The highest BCUT2D eigenvalue weighted by Crippen LogP contribution is 2.32. The normalized spacial score (nSPS) is 14.2. The number of nitrogens with zero attached hydrogens (tertiary/aromatic N) is 1. The molecule has 1 aromatic carbocycles. The van der Waals surface area contributed by atoms with Gasteiger partial charge in [-0.15, -0.1) is 13.2 Å². The van der Waals surface area contributed by atoms with Crippen molar-refractivity contribution in [1.82, 2.24) is 0 Å². The number of ether oxygens (including phenoxy) is 1. The molecule has 0 unspecified atom stereocenters. The van der Waals surface area contributed by atoms with Gasteiger partial charge in [-0.1, -0.05) is 20.8 Å². The van der Waals surface area contributed by atoms with Crippen molar-refractivity contribution < 1.29 is 17.9 Å². The summed E-state index contributed by atoms with van der Waals surface area (Å²) in [5.41, 5.74) is 1.98. The fraction of sp³-hybridized carbons (Fsp3) is 0.600. The second-order valence-electron chi connectivity index (χ2n) is 4.43. The third-order valence-electron chi connectivity index (χ3n) is 2.99. The van der Waals surface area contributed by atoms with Crippen LogP contribution in [0.4, 0.5) is 18.9 Å². The highest BCUT2D eigenvalue weighted by atomic mass is 19.4. The van der Waals surface area contributed by atoms with Crippen molar-refractivity contribution in [3.63, 3.8) is 0 Å². The molecule has 1 aliphatic heterocycles. The van der Waals surface area contributed by atoms with Gasteiger partial charge in [0.15, 0.2) is 0 Å². The van der Waals surface area contributed by atoms with E-state index < -0.39 is 6.36 Å². The number of benzene rings is 1. The van der Waals surface area contributed by atoms with Crippen LogP contribution in [0.3, 0.4) is 0 Å². The van der Waals surface area contributed by atoms with E-state index in [9.17, 15) is 13.2 Å². The van der Waals surface area contributed by atoms with Crippen LogP contribution in [0.25, 0.3) is 0 Å². The van der Waals surface area contributed by atoms with Crippen molar-refractivity contribution in [2.75, 3.05) is 18.0 Å². The Labute approximate surface area is 118 Å². The monoisotopic (exact) mass is 289 g/mol. The van der Waals surface area contributed by atoms with E-state index >= 15 is 0 Å². The summed E-state index contributed by atoms with van der Waals surface area (Å²) in [5, 5.41) is 0. The van der Waals surface area contributed by atoms with Crippen molar-refractivity contribution >= 4 is 5.69 Å². The van der Waals surface area contributed by atoms with Crippen LogP contribution in [0.1, 0.15) is 39.2 Å². The first kappa shape index (κ1) is 16.7. The van der Waals surface area contributed by atoms with Gasteiger partial charge in [0.2, 0.25) is 0 Å². The number of alkyl halides is 3. The van der Waals surface area contributed by atoms with Gasteiger partial charge in [-0.3, -0.25) is 0 Å². The molecule has 1 aliphatic rings. The van der Waals surface area contributed by atoms with Gasteiger partial charge in [0, 0.05) is 18.8 Å². The lowest BCUT2D eigenvalue weighted by atomic mass is 10.0. The van der Waals surface area contributed by atoms with E-state index in [1.165, 1.54) is 12.1 Å². The van der Waals surface area contributed by atoms with Gasteiger partial charge in [-0.2, -0.15) is 0 Å². The second-order valence-corrected chi connectivity index (χ2v) is 4.43. The Morgan fingerprint density at radius 1 is 1.25 bits per heavy atom. The maximum atomic E-state index is 12.1. The molecule has 0 saturated carbocycles. The third-order valence-corrected chi connectivity index (χ3v) is 2.99. The quantitative estimate of drug-likeness (QED) is 0.794. The van der Waals surface area contributed by atoms with Crippen LogP contribution >= 0.6 is 0 Å². The van der Waals surface area contributed by atoms with Crippen molar-refractivity contribution in [3.8, 4) is 5.75 Å². The lowest BCUT2D eigenvalue weighted by molar-refractivity contribution is -0.274. The summed E-state index contributed by atoms with van der Waals surface area (Å²) >= 11 is 0. The maximum Gasteiger partial charge on any atom is 0.573 e. The summed E-state index contributed by atoms with van der Waals surface area (Å²) in [6, 6.07) is 4.62. The van der Waals surface area contributed by atoms with Gasteiger partial charge in [0.25, 0.3) is 0 Å². The van der Waals surface area contributed by atoms with Crippen molar-refractivity contribution in [2.24, 2.45) is 0 Å². The molecule has 1 aromatic rings. The first-order chi connectivity index (χ1) is 9.49. The zero-order valence-electron chi connectivity index (χ0n) is 12.3. The topological polar surface area (TPSA) is 12.5 Å². The molecule has 114 valence electrons. The Hall–Kier alpha value is -1.39. The third kappa shape index (κ3) is 4.62. The molecule has 0 radical (unpaired) electrons. The summed E-state index contributed by atoms with van der Waals surface area (Å²) in [6.45, 7) is 8.00. The first-order valence-electron chi connectivity index (χ1n) is 7.13. The minimum absolute atomic E-state index is 0.125. The van der Waals surface area contributed by atoms with E-state index in [-0.39, 0.29) is 5.75 Å². The van der Waals surface area contributed by atoms with E-state index in [0.717, 1.165) is 43.6 Å². The van der Waals surface area contributed by atoms with Gasteiger partial charge in [-0.25, -0.2) is 0 Å². The maximum absolute atomic E-state index is 12.1. The molecule has 0 spiro atoms. The smallest absolute Gasteiger partial charge is 0.406 e. The van der Waals surface area contributed by atoms with Gasteiger partial charge in [0.1, 0.15) is 5.75 Å². The number of fused-ring (bicyclic) bond motifs is 1. The minimum atomic E-state index is -4.62. The van der Waals surface area contributed by atoms with Gasteiger partial charge < -0.3 is 9.64 Å². The number of hydrogen-bond donors (Lipinski definition) is 0. The fourth-order valence-corrected chi connectivity index (χ4v) is 2.35. The summed E-state index contributed by atoms with van der Waals surface area (Å²) < 4.78 is 40.4. The Balaban J connectivity index is 0.000000956. The molecule has 0 amide bonds. The fourth-order valence-electron chi connectivity index (χ4n) is 2.35. The van der Waals surface area contributed by atoms with Crippen LogP contribution in [0.2, 0.25) is 0 Å². The van der Waals surface area contributed by atoms with E-state index in [0.29, 0.717) is 0 Å². The predicted molar refractivity (Wildman–Crippen MR) is 75.3 cm³/mol. The second kappa shape index (κ2) is 7.41. The number of anilines is 1. The van der Waals surface area contributed by atoms with Gasteiger partial charge >= 0.3 is 6.36 Å². The Kier molecular flexibility index (Phi) is 6.17. The van der Waals surface area contributed by atoms with Gasteiger partial charge in [0.05, 0.1) is 0 Å². The molecule has 0 bridgehead atoms. The first-order valence-corrected chi connectivity index (χ1v) is 7.13.